The van der Waals surface area contributed by atoms with Gasteiger partial charge in [0.1, 0.15) is 0 Å². The molecule has 0 amide bonds. The Morgan fingerprint density at radius 3 is 2.57 bits per heavy atom. The van der Waals surface area contributed by atoms with Crippen molar-refractivity contribution < 1.29 is 0 Å². The highest BCUT2D eigenvalue weighted by Crippen LogP contribution is 2.23. The average molecular weight is 289 g/mol. The lowest BCUT2D eigenvalue weighted by Crippen LogP contribution is -2.38. The number of nitrogens with one attached hydrogen (secondary N) is 1. The molecule has 21 heavy (non-hydrogen) atoms. The Bertz CT molecular complexity index is 450. The summed E-state index contributed by atoms with van der Waals surface area (Å²) in [5, 5.41) is 3.51. The zero-order valence-corrected chi connectivity index (χ0v) is 14.3. The fraction of sp³-hybridized carbons (Fsp3) is 0.722. The van der Waals surface area contributed by atoms with Gasteiger partial charge in [-0.15, -0.1) is 0 Å². The van der Waals surface area contributed by atoms with Gasteiger partial charge in [-0.05, 0) is 57.7 Å². The Hall–Kier alpha value is -0.930. The molecule has 0 radical (unpaired) electrons. The number of piperidine rings is 1. The molecule has 1 aromatic rings. The SMILES string of the molecule is CC1CCN(Cc2cccc(CNC(C)(C)C)n2)CC1C. The molecule has 0 saturated carbocycles. The zero-order valence-electron chi connectivity index (χ0n) is 14.3. The van der Waals surface area contributed by atoms with E-state index in [1.165, 1.54) is 25.2 Å². The molecule has 2 atom stereocenters. The van der Waals surface area contributed by atoms with Gasteiger partial charge in [-0.1, -0.05) is 19.9 Å². The Morgan fingerprint density at radius 2 is 1.90 bits per heavy atom. The maximum atomic E-state index is 4.81. The van der Waals surface area contributed by atoms with Gasteiger partial charge in [0, 0.05) is 25.2 Å². The molecule has 2 heterocycles. The van der Waals surface area contributed by atoms with Gasteiger partial charge in [-0.3, -0.25) is 9.88 Å². The van der Waals surface area contributed by atoms with Gasteiger partial charge in [0.25, 0.3) is 0 Å². The van der Waals surface area contributed by atoms with Crippen LogP contribution >= 0.6 is 0 Å². The smallest absolute Gasteiger partial charge is 0.0547 e. The predicted octanol–water partition coefficient (Wildman–Crippen LogP) is 3.45. The van der Waals surface area contributed by atoms with E-state index in [0.29, 0.717) is 0 Å². The molecule has 118 valence electrons. The summed E-state index contributed by atoms with van der Waals surface area (Å²) in [6, 6.07) is 6.41. The van der Waals surface area contributed by atoms with Crippen molar-refractivity contribution in [3.63, 3.8) is 0 Å². The van der Waals surface area contributed by atoms with Crippen LogP contribution in [-0.2, 0) is 13.1 Å². The molecular weight excluding hydrogens is 258 g/mol. The van der Waals surface area contributed by atoms with E-state index in [1.807, 2.05) is 0 Å². The Morgan fingerprint density at radius 1 is 1.19 bits per heavy atom. The molecule has 0 aromatic carbocycles. The lowest BCUT2D eigenvalue weighted by molar-refractivity contribution is 0.131. The molecule has 1 aliphatic rings. The van der Waals surface area contributed by atoms with Crippen molar-refractivity contribution in [2.45, 2.75) is 59.7 Å². The number of hydrogen-bond donors (Lipinski definition) is 1. The van der Waals surface area contributed by atoms with Crippen LogP contribution in [-0.4, -0.2) is 28.5 Å². The number of nitrogens with zero attached hydrogens (tertiary/aromatic N) is 2. The van der Waals surface area contributed by atoms with Gasteiger partial charge in [0.2, 0.25) is 0 Å². The van der Waals surface area contributed by atoms with E-state index in [1.54, 1.807) is 0 Å². The van der Waals surface area contributed by atoms with Crippen LogP contribution in [0.15, 0.2) is 18.2 Å². The van der Waals surface area contributed by atoms with Crippen LogP contribution in [0.5, 0.6) is 0 Å². The summed E-state index contributed by atoms with van der Waals surface area (Å²) in [6.07, 6.45) is 1.31. The first-order chi connectivity index (χ1) is 9.83. The quantitative estimate of drug-likeness (QED) is 0.920. The Labute approximate surface area is 130 Å². The van der Waals surface area contributed by atoms with E-state index >= 15 is 0 Å². The molecule has 2 rings (SSSR count). The summed E-state index contributed by atoms with van der Waals surface area (Å²) >= 11 is 0. The summed E-state index contributed by atoms with van der Waals surface area (Å²) in [6.45, 7) is 15.5. The van der Waals surface area contributed by atoms with Crippen LogP contribution < -0.4 is 5.32 Å². The first kappa shape index (κ1) is 16.4. The third-order valence-corrected chi connectivity index (χ3v) is 4.47. The molecule has 1 saturated heterocycles. The fourth-order valence-corrected chi connectivity index (χ4v) is 2.79. The number of pyridine rings is 1. The van der Waals surface area contributed by atoms with Crippen molar-refractivity contribution in [1.29, 1.82) is 0 Å². The monoisotopic (exact) mass is 289 g/mol. The van der Waals surface area contributed by atoms with Gasteiger partial charge >= 0.3 is 0 Å². The molecule has 3 nitrogen and oxygen atoms in total. The van der Waals surface area contributed by atoms with Crippen molar-refractivity contribution in [2.24, 2.45) is 11.8 Å². The summed E-state index contributed by atoms with van der Waals surface area (Å²) < 4.78 is 0. The third kappa shape index (κ3) is 5.40. The lowest BCUT2D eigenvalue weighted by atomic mass is 9.88. The van der Waals surface area contributed by atoms with Crippen molar-refractivity contribution in [3.05, 3.63) is 29.6 Å². The molecule has 1 fully saturated rings. The summed E-state index contributed by atoms with van der Waals surface area (Å²) in [5.41, 5.74) is 2.47. The maximum absolute atomic E-state index is 4.81. The van der Waals surface area contributed by atoms with Crippen molar-refractivity contribution in [1.82, 2.24) is 15.2 Å². The minimum absolute atomic E-state index is 0.135. The molecule has 0 bridgehead atoms. The van der Waals surface area contributed by atoms with Crippen LogP contribution in [0.2, 0.25) is 0 Å². The van der Waals surface area contributed by atoms with Gasteiger partial charge in [-0.25, -0.2) is 0 Å². The maximum Gasteiger partial charge on any atom is 0.0547 e. The topological polar surface area (TPSA) is 28.2 Å². The Balaban J connectivity index is 1.92. The zero-order chi connectivity index (χ0) is 15.5. The highest BCUT2D eigenvalue weighted by Gasteiger charge is 2.22. The molecule has 1 N–H and O–H groups in total. The summed E-state index contributed by atoms with van der Waals surface area (Å²) in [5.74, 6) is 1.65. The lowest BCUT2D eigenvalue weighted by Gasteiger charge is -2.35. The predicted molar refractivity (Wildman–Crippen MR) is 89.1 cm³/mol. The molecule has 0 aliphatic carbocycles. The van der Waals surface area contributed by atoms with Gasteiger partial charge in [0.05, 0.1) is 11.4 Å². The standard InChI is InChI=1S/C18H31N3/c1-14-9-10-21(12-15(14)2)13-17-8-6-7-16(20-17)11-19-18(3,4)5/h6-8,14-15,19H,9-13H2,1-5H3. The average Bonchev–Trinajstić information content (AvgIpc) is 2.40. The molecule has 1 aromatic heterocycles. The largest absolute Gasteiger partial charge is 0.306 e. The highest BCUT2D eigenvalue weighted by molar-refractivity contribution is 5.11. The minimum Gasteiger partial charge on any atom is -0.306 e. The van der Waals surface area contributed by atoms with Crippen LogP contribution in [0.1, 0.15) is 52.4 Å². The van der Waals surface area contributed by atoms with Crippen LogP contribution in [0.25, 0.3) is 0 Å². The highest BCUT2D eigenvalue weighted by atomic mass is 15.1. The first-order valence-corrected chi connectivity index (χ1v) is 8.26. The van der Waals surface area contributed by atoms with E-state index in [9.17, 15) is 0 Å². The molecule has 3 heteroatoms. The normalized spacial score (nSPS) is 24.2. The fourth-order valence-electron chi connectivity index (χ4n) is 2.79. The number of likely N-dealkylation sites (tertiary alicyclic amines) is 1. The summed E-state index contributed by atoms with van der Waals surface area (Å²) in [4.78, 5) is 7.36. The molecule has 2 unspecified atom stereocenters. The third-order valence-electron chi connectivity index (χ3n) is 4.47. The van der Waals surface area contributed by atoms with E-state index in [2.05, 4.69) is 63.0 Å². The number of aromatic nitrogens is 1. The second kappa shape index (κ2) is 6.89. The van der Waals surface area contributed by atoms with Crippen LogP contribution in [0, 0.1) is 11.8 Å². The van der Waals surface area contributed by atoms with Crippen molar-refractivity contribution in [2.75, 3.05) is 13.1 Å². The van der Waals surface area contributed by atoms with Gasteiger partial charge in [-0.2, -0.15) is 0 Å². The van der Waals surface area contributed by atoms with Crippen LogP contribution in [0.3, 0.4) is 0 Å². The van der Waals surface area contributed by atoms with Crippen LogP contribution in [0.4, 0.5) is 0 Å². The molecule has 0 spiro atoms. The van der Waals surface area contributed by atoms with E-state index < -0.39 is 0 Å². The van der Waals surface area contributed by atoms with Gasteiger partial charge in [0.15, 0.2) is 0 Å². The van der Waals surface area contributed by atoms with E-state index in [0.717, 1.165) is 30.6 Å². The molecular formula is C18H31N3. The number of rotatable bonds is 4. The van der Waals surface area contributed by atoms with E-state index in [4.69, 9.17) is 4.98 Å². The molecule has 1 aliphatic heterocycles. The second-order valence-electron chi connectivity index (χ2n) is 7.70. The summed E-state index contributed by atoms with van der Waals surface area (Å²) in [7, 11) is 0. The number of hydrogen-bond acceptors (Lipinski definition) is 3. The van der Waals surface area contributed by atoms with Gasteiger partial charge < -0.3 is 5.32 Å². The Kier molecular flexibility index (Phi) is 5.39. The van der Waals surface area contributed by atoms with Crippen molar-refractivity contribution in [3.8, 4) is 0 Å². The second-order valence-corrected chi connectivity index (χ2v) is 7.70. The van der Waals surface area contributed by atoms with Crippen molar-refractivity contribution >= 4 is 0 Å². The van der Waals surface area contributed by atoms with E-state index in [-0.39, 0.29) is 5.54 Å². The minimum atomic E-state index is 0.135. The first-order valence-electron chi connectivity index (χ1n) is 8.26.